The Morgan fingerprint density at radius 1 is 1.40 bits per heavy atom. The van der Waals surface area contributed by atoms with Crippen molar-refractivity contribution in [3.63, 3.8) is 0 Å². The number of aliphatic hydroxyl groups excluding tert-OH is 1. The predicted molar refractivity (Wildman–Crippen MR) is 72.7 cm³/mol. The van der Waals surface area contributed by atoms with Crippen LogP contribution in [-0.2, 0) is 13.0 Å². The molecule has 0 aliphatic heterocycles. The van der Waals surface area contributed by atoms with Crippen molar-refractivity contribution >= 4 is 11.6 Å². The van der Waals surface area contributed by atoms with E-state index in [-0.39, 0.29) is 12.0 Å². The van der Waals surface area contributed by atoms with Crippen LogP contribution in [0.4, 0.5) is 8.78 Å². The maximum absolute atomic E-state index is 13.6. The zero-order chi connectivity index (χ0) is 14.9. The lowest BCUT2D eigenvalue weighted by molar-refractivity contribution is 0.170. The first-order valence-electron chi connectivity index (χ1n) is 6.28. The molecule has 6 heteroatoms. The molecule has 0 amide bonds. The van der Waals surface area contributed by atoms with Gasteiger partial charge in [-0.2, -0.15) is 5.10 Å². The first-order chi connectivity index (χ1) is 9.43. The molecule has 0 radical (unpaired) electrons. The predicted octanol–water partition coefficient (Wildman–Crippen LogP) is 3.42. The molecule has 1 aromatic heterocycles. The number of aryl methyl sites for hydroxylation is 2. The Bertz CT molecular complexity index is 628. The summed E-state index contributed by atoms with van der Waals surface area (Å²) in [5, 5.41) is 14.8. The van der Waals surface area contributed by atoms with Crippen LogP contribution in [0.15, 0.2) is 18.2 Å². The van der Waals surface area contributed by atoms with E-state index in [2.05, 4.69) is 5.10 Å². The van der Waals surface area contributed by atoms with Gasteiger partial charge < -0.3 is 5.11 Å². The summed E-state index contributed by atoms with van der Waals surface area (Å²) in [6, 6.07) is 3.00. The van der Waals surface area contributed by atoms with E-state index in [0.29, 0.717) is 23.0 Å². The van der Waals surface area contributed by atoms with Crippen molar-refractivity contribution < 1.29 is 13.9 Å². The Hall–Kier alpha value is -1.46. The molecule has 1 aromatic carbocycles. The average Bonchev–Trinajstić information content (AvgIpc) is 2.69. The van der Waals surface area contributed by atoms with Gasteiger partial charge in [0.2, 0.25) is 0 Å². The summed E-state index contributed by atoms with van der Waals surface area (Å²) in [4.78, 5) is 0. The maximum atomic E-state index is 13.6. The fourth-order valence-corrected chi connectivity index (χ4v) is 2.34. The van der Waals surface area contributed by atoms with Gasteiger partial charge in [0.1, 0.15) is 11.6 Å². The van der Waals surface area contributed by atoms with Gasteiger partial charge in [0.15, 0.2) is 0 Å². The second-order valence-electron chi connectivity index (χ2n) is 4.55. The Balaban J connectivity index is 2.32. The quantitative estimate of drug-likeness (QED) is 0.939. The number of halogens is 3. The normalized spacial score (nSPS) is 12.7. The minimum absolute atomic E-state index is 0.0773. The van der Waals surface area contributed by atoms with Crippen molar-refractivity contribution in [2.45, 2.75) is 32.9 Å². The van der Waals surface area contributed by atoms with Crippen LogP contribution in [-0.4, -0.2) is 14.9 Å². The van der Waals surface area contributed by atoms with Crippen LogP contribution in [0, 0.1) is 18.6 Å². The summed E-state index contributed by atoms with van der Waals surface area (Å²) in [6.45, 7) is 4.23. The van der Waals surface area contributed by atoms with E-state index in [1.165, 1.54) is 0 Å². The van der Waals surface area contributed by atoms with Gasteiger partial charge in [-0.05, 0) is 32.0 Å². The molecule has 0 spiro atoms. The van der Waals surface area contributed by atoms with E-state index in [0.717, 1.165) is 18.2 Å². The average molecular weight is 301 g/mol. The number of rotatable bonds is 4. The number of aromatic nitrogens is 2. The monoisotopic (exact) mass is 300 g/mol. The minimum Gasteiger partial charge on any atom is -0.388 e. The number of hydrogen-bond acceptors (Lipinski definition) is 2. The number of benzene rings is 1. The van der Waals surface area contributed by atoms with Crippen LogP contribution in [0.3, 0.4) is 0 Å². The lowest BCUT2D eigenvalue weighted by Crippen LogP contribution is -2.10. The summed E-state index contributed by atoms with van der Waals surface area (Å²) in [7, 11) is 0. The molecule has 1 unspecified atom stereocenters. The SMILES string of the molecule is CCn1nc(C)c(Cl)c1CC(O)c1cc(F)ccc1F. The molecule has 2 rings (SSSR count). The van der Waals surface area contributed by atoms with Crippen LogP contribution >= 0.6 is 11.6 Å². The molecule has 3 nitrogen and oxygen atoms in total. The standard InChI is InChI=1S/C14H15ClF2N2O/c1-3-19-12(14(15)8(2)18-19)7-13(20)10-6-9(16)4-5-11(10)17/h4-6,13,20H,3,7H2,1-2H3. The molecule has 0 fully saturated rings. The third-order valence-corrected chi connectivity index (χ3v) is 3.65. The maximum Gasteiger partial charge on any atom is 0.129 e. The van der Waals surface area contributed by atoms with Gasteiger partial charge >= 0.3 is 0 Å². The van der Waals surface area contributed by atoms with E-state index in [4.69, 9.17) is 11.6 Å². The molecule has 108 valence electrons. The van der Waals surface area contributed by atoms with Crippen LogP contribution in [0.5, 0.6) is 0 Å². The fraction of sp³-hybridized carbons (Fsp3) is 0.357. The van der Waals surface area contributed by atoms with E-state index in [1.807, 2.05) is 6.92 Å². The molecule has 2 aromatic rings. The Labute approximate surface area is 120 Å². The second-order valence-corrected chi connectivity index (χ2v) is 4.93. The highest BCUT2D eigenvalue weighted by Gasteiger charge is 2.20. The van der Waals surface area contributed by atoms with Crippen LogP contribution in [0.25, 0.3) is 0 Å². The molecule has 1 heterocycles. The molecule has 0 aliphatic carbocycles. The lowest BCUT2D eigenvalue weighted by Gasteiger charge is -2.13. The molecule has 1 atom stereocenters. The highest BCUT2D eigenvalue weighted by Crippen LogP contribution is 2.27. The van der Waals surface area contributed by atoms with Crippen LogP contribution < -0.4 is 0 Å². The van der Waals surface area contributed by atoms with Crippen LogP contribution in [0.1, 0.15) is 30.0 Å². The summed E-state index contributed by atoms with van der Waals surface area (Å²) >= 11 is 6.13. The van der Waals surface area contributed by atoms with Gasteiger partial charge in [0.25, 0.3) is 0 Å². The van der Waals surface area contributed by atoms with Gasteiger partial charge in [-0.25, -0.2) is 8.78 Å². The first-order valence-corrected chi connectivity index (χ1v) is 6.66. The summed E-state index contributed by atoms with van der Waals surface area (Å²) < 4.78 is 28.4. The van der Waals surface area contributed by atoms with Crippen molar-refractivity contribution in [3.05, 3.63) is 51.8 Å². The highest BCUT2D eigenvalue weighted by atomic mass is 35.5. The number of aliphatic hydroxyl groups is 1. The molecule has 0 saturated heterocycles. The smallest absolute Gasteiger partial charge is 0.129 e. The van der Waals surface area contributed by atoms with E-state index < -0.39 is 17.7 Å². The molecule has 1 N–H and O–H groups in total. The minimum atomic E-state index is -1.18. The number of hydrogen-bond donors (Lipinski definition) is 1. The zero-order valence-corrected chi connectivity index (χ0v) is 12.0. The first kappa shape index (κ1) is 14.9. The van der Waals surface area contributed by atoms with Crippen molar-refractivity contribution in [3.8, 4) is 0 Å². The Morgan fingerprint density at radius 2 is 2.10 bits per heavy atom. The van der Waals surface area contributed by atoms with Crippen LogP contribution in [0.2, 0.25) is 5.02 Å². The van der Waals surface area contributed by atoms with Gasteiger partial charge in [0, 0.05) is 18.5 Å². The van der Waals surface area contributed by atoms with Crippen molar-refractivity contribution in [1.29, 1.82) is 0 Å². The summed E-state index contributed by atoms with van der Waals surface area (Å²) in [5.41, 5.74) is 1.18. The van der Waals surface area contributed by atoms with E-state index >= 15 is 0 Å². The third-order valence-electron chi connectivity index (χ3n) is 3.16. The molecule has 0 saturated carbocycles. The molecule has 0 bridgehead atoms. The van der Waals surface area contributed by atoms with Crippen molar-refractivity contribution in [2.75, 3.05) is 0 Å². The van der Waals surface area contributed by atoms with Gasteiger partial charge in [-0.15, -0.1) is 0 Å². The topological polar surface area (TPSA) is 38.0 Å². The van der Waals surface area contributed by atoms with Crippen molar-refractivity contribution in [1.82, 2.24) is 9.78 Å². The second kappa shape index (κ2) is 5.89. The van der Waals surface area contributed by atoms with Gasteiger partial charge in [0.05, 0.1) is 22.5 Å². The number of nitrogens with zero attached hydrogens (tertiary/aromatic N) is 2. The molecule has 0 aliphatic rings. The zero-order valence-electron chi connectivity index (χ0n) is 11.2. The molecular weight excluding hydrogens is 286 g/mol. The van der Waals surface area contributed by atoms with Gasteiger partial charge in [-0.1, -0.05) is 11.6 Å². The van der Waals surface area contributed by atoms with Crippen molar-refractivity contribution in [2.24, 2.45) is 0 Å². The summed E-state index contributed by atoms with van der Waals surface area (Å²) in [5.74, 6) is -1.24. The molecule has 20 heavy (non-hydrogen) atoms. The third kappa shape index (κ3) is 2.83. The molecular formula is C14H15ClF2N2O. The summed E-state index contributed by atoms with van der Waals surface area (Å²) in [6.07, 6.45) is -1.10. The van der Waals surface area contributed by atoms with Gasteiger partial charge in [-0.3, -0.25) is 4.68 Å². The Morgan fingerprint density at radius 3 is 2.75 bits per heavy atom. The fourth-order valence-electron chi connectivity index (χ4n) is 2.13. The lowest BCUT2D eigenvalue weighted by atomic mass is 10.0. The highest BCUT2D eigenvalue weighted by molar-refractivity contribution is 6.31. The largest absolute Gasteiger partial charge is 0.388 e. The van der Waals surface area contributed by atoms with E-state index in [1.54, 1.807) is 11.6 Å². The van der Waals surface area contributed by atoms with E-state index in [9.17, 15) is 13.9 Å². The Kier molecular flexibility index (Phi) is 4.40.